The van der Waals surface area contributed by atoms with Crippen LogP contribution in [0.5, 0.6) is 0 Å². The van der Waals surface area contributed by atoms with Crippen molar-refractivity contribution in [2.75, 3.05) is 36.5 Å². The SMILES string of the molecule is CCN(C1CC1)[C@@H](C(N)=O)C(=O)Nc1ccc(N2CCOCC2=O)c(F)c1. The zero-order valence-corrected chi connectivity index (χ0v) is 15.1. The molecule has 1 aliphatic carbocycles. The number of hydrogen-bond acceptors (Lipinski definition) is 5. The molecule has 1 saturated heterocycles. The zero-order chi connectivity index (χ0) is 19.6. The monoisotopic (exact) mass is 378 g/mol. The fourth-order valence-corrected chi connectivity index (χ4v) is 3.29. The van der Waals surface area contributed by atoms with Gasteiger partial charge in [-0.05, 0) is 37.6 Å². The van der Waals surface area contributed by atoms with E-state index in [-0.39, 0.29) is 36.5 Å². The molecule has 8 nitrogen and oxygen atoms in total. The summed E-state index contributed by atoms with van der Waals surface area (Å²) in [6.45, 7) is 2.87. The number of nitrogens with one attached hydrogen (secondary N) is 1. The van der Waals surface area contributed by atoms with Gasteiger partial charge < -0.3 is 20.7 Å². The molecule has 0 bridgehead atoms. The number of hydrogen-bond donors (Lipinski definition) is 2. The fraction of sp³-hybridized carbons (Fsp3) is 0.500. The highest BCUT2D eigenvalue weighted by Crippen LogP contribution is 2.29. The Morgan fingerprint density at radius 1 is 1.44 bits per heavy atom. The number of nitrogens with zero attached hydrogens (tertiary/aromatic N) is 2. The molecular formula is C18H23FN4O4. The Bertz CT molecular complexity index is 753. The molecular weight excluding hydrogens is 355 g/mol. The van der Waals surface area contributed by atoms with Gasteiger partial charge in [-0.1, -0.05) is 6.92 Å². The molecule has 1 aliphatic heterocycles. The second kappa shape index (κ2) is 8.01. The summed E-state index contributed by atoms with van der Waals surface area (Å²) >= 11 is 0. The van der Waals surface area contributed by atoms with Gasteiger partial charge in [-0.3, -0.25) is 19.3 Å². The lowest BCUT2D eigenvalue weighted by molar-refractivity contribution is -0.132. The summed E-state index contributed by atoms with van der Waals surface area (Å²) in [6, 6.07) is 3.11. The molecule has 1 aromatic carbocycles. The highest BCUT2D eigenvalue weighted by atomic mass is 19.1. The smallest absolute Gasteiger partial charge is 0.253 e. The van der Waals surface area contributed by atoms with Gasteiger partial charge in [0, 0.05) is 18.3 Å². The highest BCUT2D eigenvalue weighted by Gasteiger charge is 2.39. The molecule has 146 valence electrons. The summed E-state index contributed by atoms with van der Waals surface area (Å²) in [5, 5.41) is 2.55. The summed E-state index contributed by atoms with van der Waals surface area (Å²) in [5.41, 5.74) is 5.75. The first-order chi connectivity index (χ1) is 12.9. The number of morpholine rings is 1. The molecule has 27 heavy (non-hydrogen) atoms. The van der Waals surface area contributed by atoms with E-state index in [0.717, 1.165) is 18.9 Å². The van der Waals surface area contributed by atoms with Crippen molar-refractivity contribution in [3.63, 3.8) is 0 Å². The van der Waals surface area contributed by atoms with Gasteiger partial charge in [0.15, 0.2) is 6.04 Å². The van der Waals surface area contributed by atoms with Crippen molar-refractivity contribution in [2.45, 2.75) is 31.8 Å². The number of carbonyl (C=O) groups excluding carboxylic acids is 3. The van der Waals surface area contributed by atoms with Crippen molar-refractivity contribution in [3.05, 3.63) is 24.0 Å². The molecule has 1 aromatic rings. The Balaban J connectivity index is 1.74. The molecule has 2 fully saturated rings. The molecule has 9 heteroatoms. The molecule has 3 rings (SSSR count). The third kappa shape index (κ3) is 4.25. The average Bonchev–Trinajstić information content (AvgIpc) is 3.45. The lowest BCUT2D eigenvalue weighted by Gasteiger charge is -2.28. The van der Waals surface area contributed by atoms with Crippen LogP contribution >= 0.6 is 0 Å². The second-order valence-electron chi connectivity index (χ2n) is 6.62. The molecule has 0 aromatic heterocycles. The number of rotatable bonds is 7. The summed E-state index contributed by atoms with van der Waals surface area (Å²) in [6.07, 6.45) is 1.84. The third-order valence-corrected chi connectivity index (χ3v) is 4.72. The van der Waals surface area contributed by atoms with Crippen LogP contribution in [0.15, 0.2) is 18.2 Å². The first-order valence-electron chi connectivity index (χ1n) is 8.96. The van der Waals surface area contributed by atoms with Gasteiger partial charge in [-0.25, -0.2) is 4.39 Å². The van der Waals surface area contributed by atoms with Crippen LogP contribution in [0.1, 0.15) is 19.8 Å². The predicted molar refractivity (Wildman–Crippen MR) is 96.6 cm³/mol. The molecule has 1 saturated carbocycles. The predicted octanol–water partition coefficient (Wildman–Crippen LogP) is 0.466. The Morgan fingerprint density at radius 3 is 2.74 bits per heavy atom. The Kier molecular flexibility index (Phi) is 5.71. The van der Waals surface area contributed by atoms with E-state index in [9.17, 15) is 18.8 Å². The van der Waals surface area contributed by atoms with Crippen LogP contribution in [-0.2, 0) is 19.1 Å². The molecule has 1 heterocycles. The number of halogens is 1. The van der Waals surface area contributed by atoms with Crippen molar-refractivity contribution in [1.82, 2.24) is 4.90 Å². The number of carbonyl (C=O) groups is 3. The minimum atomic E-state index is -1.11. The van der Waals surface area contributed by atoms with Crippen LogP contribution in [0.4, 0.5) is 15.8 Å². The van der Waals surface area contributed by atoms with Gasteiger partial charge in [0.1, 0.15) is 12.4 Å². The Morgan fingerprint density at radius 2 is 2.19 bits per heavy atom. The van der Waals surface area contributed by atoms with Gasteiger partial charge in [0.25, 0.3) is 11.8 Å². The van der Waals surface area contributed by atoms with E-state index in [0.29, 0.717) is 13.2 Å². The maximum atomic E-state index is 14.5. The van der Waals surface area contributed by atoms with Gasteiger partial charge in [-0.2, -0.15) is 0 Å². The number of nitrogens with two attached hydrogens (primary N) is 1. The maximum absolute atomic E-state index is 14.5. The molecule has 3 N–H and O–H groups in total. The van der Waals surface area contributed by atoms with Crippen molar-refractivity contribution >= 4 is 29.1 Å². The minimum absolute atomic E-state index is 0.0910. The summed E-state index contributed by atoms with van der Waals surface area (Å²) in [5.74, 6) is -2.30. The quantitative estimate of drug-likeness (QED) is 0.671. The van der Waals surface area contributed by atoms with Crippen LogP contribution in [-0.4, -0.2) is 61.0 Å². The fourth-order valence-electron chi connectivity index (χ4n) is 3.29. The summed E-state index contributed by atoms with van der Waals surface area (Å²) in [7, 11) is 0. The topological polar surface area (TPSA) is 105 Å². The zero-order valence-electron chi connectivity index (χ0n) is 15.1. The van der Waals surface area contributed by atoms with Crippen molar-refractivity contribution < 1.29 is 23.5 Å². The van der Waals surface area contributed by atoms with Crippen LogP contribution in [0.2, 0.25) is 0 Å². The van der Waals surface area contributed by atoms with Crippen LogP contribution < -0.4 is 16.0 Å². The average molecular weight is 378 g/mol. The van der Waals surface area contributed by atoms with E-state index >= 15 is 0 Å². The molecule has 0 spiro atoms. The van der Waals surface area contributed by atoms with E-state index in [4.69, 9.17) is 10.5 Å². The standard InChI is InChI=1S/C18H23FN4O4/c1-2-22(12-4-5-12)16(17(20)25)18(26)21-11-3-6-14(13(19)9-11)23-7-8-27-10-15(23)24/h3,6,9,12,16H,2,4-5,7-8,10H2,1H3,(H2,20,25)(H,21,26)/t16-/m0/s1. The van der Waals surface area contributed by atoms with Crippen LogP contribution in [0.25, 0.3) is 0 Å². The first-order valence-corrected chi connectivity index (χ1v) is 8.96. The molecule has 2 aliphatic rings. The van der Waals surface area contributed by atoms with Crippen molar-refractivity contribution in [1.29, 1.82) is 0 Å². The highest BCUT2D eigenvalue weighted by molar-refractivity contribution is 6.09. The summed E-state index contributed by atoms with van der Waals surface area (Å²) in [4.78, 5) is 39.3. The first kappa shape index (κ1) is 19.2. The van der Waals surface area contributed by atoms with E-state index < -0.39 is 23.7 Å². The van der Waals surface area contributed by atoms with E-state index in [1.807, 2.05) is 6.92 Å². The van der Waals surface area contributed by atoms with E-state index in [2.05, 4.69) is 5.32 Å². The molecule has 0 unspecified atom stereocenters. The van der Waals surface area contributed by atoms with Crippen LogP contribution in [0, 0.1) is 5.82 Å². The Hall–Kier alpha value is -2.52. The molecule has 1 atom stereocenters. The van der Waals surface area contributed by atoms with Gasteiger partial charge >= 0.3 is 0 Å². The number of amides is 3. The number of primary amides is 1. The van der Waals surface area contributed by atoms with E-state index in [1.54, 1.807) is 4.90 Å². The summed E-state index contributed by atoms with van der Waals surface area (Å²) < 4.78 is 19.5. The van der Waals surface area contributed by atoms with Crippen molar-refractivity contribution in [3.8, 4) is 0 Å². The van der Waals surface area contributed by atoms with Crippen LogP contribution in [0.3, 0.4) is 0 Å². The van der Waals surface area contributed by atoms with E-state index in [1.165, 1.54) is 17.0 Å². The number of benzene rings is 1. The molecule has 3 amide bonds. The maximum Gasteiger partial charge on any atom is 0.253 e. The van der Waals surface area contributed by atoms with Gasteiger partial charge in [0.05, 0.1) is 12.3 Å². The lowest BCUT2D eigenvalue weighted by Crippen LogP contribution is -2.53. The number of ether oxygens (including phenoxy) is 1. The Labute approximate surface area is 156 Å². The van der Waals surface area contributed by atoms with Gasteiger partial charge in [0.2, 0.25) is 5.91 Å². The number of likely N-dealkylation sites (N-methyl/N-ethyl adjacent to an activating group) is 1. The van der Waals surface area contributed by atoms with Crippen molar-refractivity contribution in [2.24, 2.45) is 5.73 Å². The largest absolute Gasteiger partial charge is 0.370 e. The minimum Gasteiger partial charge on any atom is -0.370 e. The number of anilines is 2. The second-order valence-corrected chi connectivity index (χ2v) is 6.62. The third-order valence-electron chi connectivity index (χ3n) is 4.72. The lowest BCUT2D eigenvalue weighted by atomic mass is 10.2. The van der Waals surface area contributed by atoms with Gasteiger partial charge in [-0.15, -0.1) is 0 Å². The normalized spacial score (nSPS) is 18.5. The molecule has 0 radical (unpaired) electrons.